The number of carbonyl (C=O) groups excluding carboxylic acids is 2. The van der Waals surface area contributed by atoms with Gasteiger partial charge in [0, 0.05) is 21.2 Å². The SMILES string of the molecule is O=C1OC(=O)C(P(=O)(c2ccccc2)c2ccccc2)=C1P(=O)(c1ccccc1)c1ccccc1. The molecule has 35 heavy (non-hydrogen) atoms. The van der Waals surface area contributed by atoms with Crippen molar-refractivity contribution < 1.29 is 23.5 Å². The molecule has 1 heterocycles. The molecule has 0 radical (unpaired) electrons. The standard InChI is InChI=1S/C28H20O5P2/c29-27-25(34(31,21-13-5-1-6-14-21)22-15-7-2-8-16-22)26(28(30)33-27)35(32,23-17-9-3-10-18-23)24-19-11-4-12-20-24/h1-20H. The molecule has 0 saturated heterocycles. The minimum absolute atomic E-state index is 0.337. The molecule has 0 spiro atoms. The van der Waals surface area contributed by atoms with Crippen LogP contribution in [0.3, 0.4) is 0 Å². The van der Waals surface area contributed by atoms with Crippen LogP contribution < -0.4 is 21.2 Å². The number of esters is 2. The van der Waals surface area contributed by atoms with E-state index in [1.54, 1.807) is 121 Å². The van der Waals surface area contributed by atoms with Crippen molar-refractivity contribution in [3.63, 3.8) is 0 Å². The summed E-state index contributed by atoms with van der Waals surface area (Å²) >= 11 is 0. The van der Waals surface area contributed by atoms with Crippen LogP contribution in [0.2, 0.25) is 0 Å². The van der Waals surface area contributed by atoms with Gasteiger partial charge in [0.05, 0.1) is 0 Å². The highest BCUT2D eigenvalue weighted by molar-refractivity contribution is 7.87. The Bertz CT molecular complexity index is 1330. The molecule has 5 nitrogen and oxygen atoms in total. The lowest BCUT2D eigenvalue weighted by molar-refractivity contribution is -0.150. The first-order valence-corrected chi connectivity index (χ1v) is 14.3. The van der Waals surface area contributed by atoms with Crippen LogP contribution in [0.4, 0.5) is 0 Å². The molecule has 0 unspecified atom stereocenters. The van der Waals surface area contributed by atoms with Crippen molar-refractivity contribution >= 4 is 47.4 Å². The lowest BCUT2D eigenvalue weighted by Crippen LogP contribution is -2.23. The molecular formula is C28H20O5P2. The Balaban J connectivity index is 1.93. The second kappa shape index (κ2) is 9.11. The minimum atomic E-state index is -3.95. The molecule has 0 bridgehead atoms. The second-order valence-electron chi connectivity index (χ2n) is 7.93. The fourth-order valence-corrected chi connectivity index (χ4v) is 10.5. The van der Waals surface area contributed by atoms with Gasteiger partial charge in [0.2, 0.25) is 0 Å². The van der Waals surface area contributed by atoms with Gasteiger partial charge in [0.15, 0.2) is 14.3 Å². The Hall–Kier alpha value is -3.78. The second-order valence-corrected chi connectivity index (χ2v) is 13.3. The third-order valence-electron chi connectivity index (χ3n) is 5.91. The summed E-state index contributed by atoms with van der Waals surface area (Å²) in [4.78, 5) is 26.6. The van der Waals surface area contributed by atoms with E-state index < -0.39 is 26.2 Å². The summed E-state index contributed by atoms with van der Waals surface area (Å²) in [5.74, 6) is -2.07. The van der Waals surface area contributed by atoms with Crippen molar-refractivity contribution in [3.8, 4) is 0 Å². The Morgan fingerprint density at radius 3 is 0.857 bits per heavy atom. The van der Waals surface area contributed by atoms with E-state index >= 15 is 9.13 Å². The molecular weight excluding hydrogens is 478 g/mol. The average Bonchev–Trinajstić information content (AvgIpc) is 3.24. The highest BCUT2D eigenvalue weighted by atomic mass is 31.2. The zero-order valence-corrected chi connectivity index (χ0v) is 20.3. The first-order chi connectivity index (χ1) is 17.0. The van der Waals surface area contributed by atoms with Crippen molar-refractivity contribution in [2.75, 3.05) is 0 Å². The van der Waals surface area contributed by atoms with Crippen LogP contribution in [0.15, 0.2) is 132 Å². The van der Waals surface area contributed by atoms with Gasteiger partial charge in [-0.25, -0.2) is 9.59 Å². The zero-order chi connectivity index (χ0) is 24.5. The average molecular weight is 498 g/mol. The minimum Gasteiger partial charge on any atom is -0.385 e. The van der Waals surface area contributed by atoms with E-state index in [0.29, 0.717) is 21.2 Å². The Labute approximate surface area is 202 Å². The van der Waals surface area contributed by atoms with Crippen LogP contribution in [-0.2, 0) is 23.5 Å². The van der Waals surface area contributed by atoms with Crippen LogP contribution in [0.25, 0.3) is 0 Å². The maximum atomic E-state index is 15.1. The number of hydrogen-bond acceptors (Lipinski definition) is 5. The summed E-state index contributed by atoms with van der Waals surface area (Å²) < 4.78 is 35.2. The maximum absolute atomic E-state index is 15.1. The molecule has 0 N–H and O–H groups in total. The Morgan fingerprint density at radius 2 is 0.629 bits per heavy atom. The highest BCUT2D eigenvalue weighted by Gasteiger charge is 2.53. The smallest absolute Gasteiger partial charge is 0.351 e. The molecule has 0 atom stereocenters. The summed E-state index contributed by atoms with van der Waals surface area (Å²) in [6, 6.07) is 33.9. The molecule has 0 aromatic heterocycles. The predicted octanol–water partition coefficient (Wildman–Crippen LogP) is 4.31. The molecule has 0 aliphatic carbocycles. The van der Waals surface area contributed by atoms with Gasteiger partial charge >= 0.3 is 11.9 Å². The topological polar surface area (TPSA) is 77.5 Å². The maximum Gasteiger partial charge on any atom is 0.351 e. The number of carbonyl (C=O) groups is 2. The van der Waals surface area contributed by atoms with Gasteiger partial charge in [-0.15, -0.1) is 0 Å². The predicted molar refractivity (Wildman–Crippen MR) is 138 cm³/mol. The molecule has 7 heteroatoms. The van der Waals surface area contributed by atoms with E-state index in [2.05, 4.69) is 0 Å². The van der Waals surface area contributed by atoms with Gasteiger partial charge in [-0.3, -0.25) is 0 Å². The summed E-state index contributed by atoms with van der Waals surface area (Å²) in [5.41, 5.74) is 0. The monoisotopic (exact) mass is 498 g/mol. The van der Waals surface area contributed by atoms with E-state index in [1.807, 2.05) is 0 Å². The summed E-state index contributed by atoms with van der Waals surface area (Å²) in [6.07, 6.45) is 0. The molecule has 4 aromatic carbocycles. The molecule has 4 aromatic rings. The van der Waals surface area contributed by atoms with Crippen molar-refractivity contribution in [2.45, 2.75) is 0 Å². The number of ether oxygens (including phenoxy) is 1. The summed E-state index contributed by atoms with van der Waals surface area (Å²) in [7, 11) is -7.89. The third-order valence-corrected chi connectivity index (χ3v) is 12.3. The molecule has 1 aliphatic rings. The van der Waals surface area contributed by atoms with E-state index in [9.17, 15) is 9.59 Å². The van der Waals surface area contributed by atoms with Crippen LogP contribution in [0.1, 0.15) is 0 Å². The summed E-state index contributed by atoms with van der Waals surface area (Å²) in [5, 5.41) is 0.707. The van der Waals surface area contributed by atoms with Crippen molar-refractivity contribution in [1.29, 1.82) is 0 Å². The van der Waals surface area contributed by atoms with Crippen LogP contribution in [-0.4, -0.2) is 11.9 Å². The fraction of sp³-hybridized carbons (Fsp3) is 0. The summed E-state index contributed by atoms with van der Waals surface area (Å²) in [6.45, 7) is 0. The van der Waals surface area contributed by atoms with E-state index in [-0.39, 0.29) is 10.6 Å². The molecule has 1 aliphatic heterocycles. The van der Waals surface area contributed by atoms with Gasteiger partial charge in [0.25, 0.3) is 0 Å². The Kier molecular flexibility index (Phi) is 5.98. The molecule has 0 amide bonds. The quantitative estimate of drug-likeness (QED) is 0.225. The molecule has 5 rings (SSSR count). The largest absolute Gasteiger partial charge is 0.385 e. The molecule has 172 valence electrons. The normalized spacial score (nSPS) is 14.2. The lowest BCUT2D eigenvalue weighted by Gasteiger charge is -2.23. The Morgan fingerprint density at radius 1 is 0.400 bits per heavy atom. The van der Waals surface area contributed by atoms with Crippen LogP contribution >= 0.6 is 14.3 Å². The number of hydrogen-bond donors (Lipinski definition) is 0. The lowest BCUT2D eigenvalue weighted by atomic mass is 10.4. The first-order valence-electron chi connectivity index (χ1n) is 10.9. The van der Waals surface area contributed by atoms with E-state index in [4.69, 9.17) is 4.74 Å². The van der Waals surface area contributed by atoms with E-state index in [1.165, 1.54) is 0 Å². The van der Waals surface area contributed by atoms with Gasteiger partial charge in [0.1, 0.15) is 10.6 Å². The zero-order valence-electron chi connectivity index (χ0n) is 18.5. The highest BCUT2D eigenvalue weighted by Crippen LogP contribution is 2.64. The molecule has 0 saturated carbocycles. The van der Waals surface area contributed by atoms with Gasteiger partial charge in [-0.05, 0) is 0 Å². The van der Waals surface area contributed by atoms with Crippen LogP contribution in [0.5, 0.6) is 0 Å². The van der Waals surface area contributed by atoms with Gasteiger partial charge in [-0.2, -0.15) is 0 Å². The van der Waals surface area contributed by atoms with Crippen LogP contribution in [0, 0.1) is 0 Å². The van der Waals surface area contributed by atoms with Gasteiger partial charge in [-0.1, -0.05) is 121 Å². The third kappa shape index (κ3) is 3.74. The number of rotatable bonds is 6. The molecule has 0 fully saturated rings. The van der Waals surface area contributed by atoms with Crippen molar-refractivity contribution in [1.82, 2.24) is 0 Å². The fourth-order valence-electron chi connectivity index (χ4n) is 4.30. The van der Waals surface area contributed by atoms with Crippen molar-refractivity contribution in [3.05, 3.63) is 132 Å². The van der Waals surface area contributed by atoms with Crippen molar-refractivity contribution in [2.24, 2.45) is 0 Å². The van der Waals surface area contributed by atoms with E-state index in [0.717, 1.165) is 0 Å². The first kappa shape index (κ1) is 23.0. The number of cyclic esters (lactones) is 2. The van der Waals surface area contributed by atoms with Gasteiger partial charge < -0.3 is 13.9 Å². The number of benzene rings is 4.